The lowest BCUT2D eigenvalue weighted by molar-refractivity contribution is -0.123. The van der Waals surface area contributed by atoms with Crippen LogP contribution in [-0.4, -0.2) is 48.3 Å². The summed E-state index contributed by atoms with van der Waals surface area (Å²) >= 11 is 1.72. The number of nitrogens with one attached hydrogen (secondary N) is 2. The first-order chi connectivity index (χ1) is 12.2. The summed E-state index contributed by atoms with van der Waals surface area (Å²) in [5, 5.41) is 3.23. The molecule has 1 aromatic carbocycles. The molecule has 2 saturated carbocycles. The highest BCUT2D eigenvalue weighted by Gasteiger charge is 2.52. The summed E-state index contributed by atoms with van der Waals surface area (Å²) in [4.78, 5) is 15.0. The fraction of sp³-hybridized carbons (Fsp3) is 0.632. The van der Waals surface area contributed by atoms with Crippen LogP contribution in [0.4, 0.5) is 11.4 Å². The number of amides is 1. The fourth-order valence-electron chi connectivity index (χ4n) is 4.34. The van der Waals surface area contributed by atoms with E-state index in [2.05, 4.69) is 38.4 Å². The van der Waals surface area contributed by atoms with Crippen LogP contribution in [0, 0.1) is 0 Å². The van der Waals surface area contributed by atoms with Gasteiger partial charge in [-0.15, -0.1) is 0 Å². The molecule has 3 fully saturated rings. The number of benzene rings is 1. The van der Waals surface area contributed by atoms with Crippen molar-refractivity contribution in [2.45, 2.75) is 43.4 Å². The van der Waals surface area contributed by atoms with Crippen molar-refractivity contribution in [3.05, 3.63) is 23.3 Å². The van der Waals surface area contributed by atoms with E-state index in [4.69, 9.17) is 0 Å². The Kier molecular flexibility index (Phi) is 3.77. The summed E-state index contributed by atoms with van der Waals surface area (Å²) in [5.74, 6) is 0.874. The second kappa shape index (κ2) is 5.89. The minimum atomic E-state index is -0.227. The van der Waals surface area contributed by atoms with E-state index in [0.29, 0.717) is 5.92 Å². The van der Waals surface area contributed by atoms with Crippen molar-refractivity contribution in [1.82, 2.24) is 9.21 Å². The van der Waals surface area contributed by atoms with Gasteiger partial charge in [0, 0.05) is 49.7 Å². The zero-order valence-corrected chi connectivity index (χ0v) is 15.6. The van der Waals surface area contributed by atoms with Gasteiger partial charge in [-0.1, -0.05) is 6.42 Å². The van der Waals surface area contributed by atoms with Crippen molar-refractivity contribution in [3.63, 3.8) is 0 Å². The number of carbonyl (C=O) groups is 1. The lowest BCUT2D eigenvalue weighted by atomic mass is 9.65. The van der Waals surface area contributed by atoms with E-state index in [0.717, 1.165) is 50.4 Å². The fourth-order valence-corrected chi connectivity index (χ4v) is 5.03. The molecule has 2 aliphatic heterocycles. The molecule has 1 spiro atoms. The highest BCUT2D eigenvalue weighted by molar-refractivity contribution is 7.98. The van der Waals surface area contributed by atoms with Crippen molar-refractivity contribution in [2.24, 2.45) is 0 Å². The molecule has 134 valence electrons. The van der Waals surface area contributed by atoms with Crippen LogP contribution in [-0.2, 0) is 10.2 Å². The topological polar surface area (TPSA) is 47.6 Å². The number of rotatable bonds is 4. The molecule has 2 N–H and O–H groups in total. The molecule has 6 heteroatoms. The molecule has 1 saturated heterocycles. The van der Waals surface area contributed by atoms with Crippen LogP contribution in [0.1, 0.15) is 49.1 Å². The van der Waals surface area contributed by atoms with Gasteiger partial charge in [0.1, 0.15) is 0 Å². The lowest BCUT2D eigenvalue weighted by Crippen LogP contribution is -2.41. The van der Waals surface area contributed by atoms with E-state index in [9.17, 15) is 4.79 Å². The van der Waals surface area contributed by atoms with Gasteiger partial charge >= 0.3 is 0 Å². The summed E-state index contributed by atoms with van der Waals surface area (Å²) in [6.07, 6.45) is 5.68. The van der Waals surface area contributed by atoms with E-state index < -0.39 is 0 Å². The number of hydrogen-bond acceptors (Lipinski definition) is 5. The van der Waals surface area contributed by atoms with E-state index in [1.807, 2.05) is 0 Å². The maximum Gasteiger partial charge on any atom is 0.235 e. The van der Waals surface area contributed by atoms with Gasteiger partial charge in [0.25, 0.3) is 0 Å². The average molecular weight is 359 g/mol. The Morgan fingerprint density at radius 2 is 1.96 bits per heavy atom. The molecule has 5 rings (SSSR count). The third kappa shape index (κ3) is 2.66. The van der Waals surface area contributed by atoms with Crippen LogP contribution in [0.25, 0.3) is 0 Å². The van der Waals surface area contributed by atoms with Crippen LogP contribution >= 0.6 is 12.1 Å². The first-order valence-electron chi connectivity index (χ1n) is 9.52. The normalized spacial score (nSPS) is 25.6. The number of hydrogen-bond donors (Lipinski definition) is 2. The zero-order chi connectivity index (χ0) is 17.0. The Labute approximate surface area is 153 Å². The SMILES string of the molecule is CN1CCN(SNc2cc(C3CC3)c3c(c2)C2(CCC2)C(=O)N3)CC1. The van der Waals surface area contributed by atoms with Gasteiger partial charge in [0.2, 0.25) is 5.91 Å². The molecule has 2 heterocycles. The molecule has 0 aromatic heterocycles. The van der Waals surface area contributed by atoms with E-state index in [1.165, 1.54) is 30.4 Å². The van der Waals surface area contributed by atoms with Crippen molar-refractivity contribution < 1.29 is 4.79 Å². The quantitative estimate of drug-likeness (QED) is 0.810. The molecule has 25 heavy (non-hydrogen) atoms. The molecular formula is C19H26N4OS. The third-order valence-corrected chi connectivity index (χ3v) is 7.29. The van der Waals surface area contributed by atoms with Gasteiger partial charge in [-0.2, -0.15) is 0 Å². The van der Waals surface area contributed by atoms with Gasteiger partial charge < -0.3 is 14.9 Å². The van der Waals surface area contributed by atoms with Crippen LogP contribution in [0.2, 0.25) is 0 Å². The Bertz CT molecular complexity index is 706. The predicted octanol–water partition coefficient (Wildman–Crippen LogP) is 3.16. The summed E-state index contributed by atoms with van der Waals surface area (Å²) in [6.45, 7) is 4.40. The second-order valence-corrected chi connectivity index (χ2v) is 8.98. The van der Waals surface area contributed by atoms with E-state index in [-0.39, 0.29) is 11.3 Å². The Hall–Kier alpha value is -1.24. The van der Waals surface area contributed by atoms with Crippen molar-refractivity contribution in [1.29, 1.82) is 0 Å². The smallest absolute Gasteiger partial charge is 0.235 e. The van der Waals surface area contributed by atoms with E-state index >= 15 is 0 Å². The summed E-state index contributed by atoms with van der Waals surface area (Å²) in [6, 6.07) is 4.51. The zero-order valence-electron chi connectivity index (χ0n) is 14.8. The number of piperazine rings is 1. The van der Waals surface area contributed by atoms with Crippen LogP contribution in [0.3, 0.4) is 0 Å². The highest BCUT2D eigenvalue weighted by atomic mass is 32.2. The minimum absolute atomic E-state index is 0.227. The molecule has 0 radical (unpaired) electrons. The van der Waals surface area contributed by atoms with E-state index in [1.54, 1.807) is 12.1 Å². The Balaban J connectivity index is 1.40. The Morgan fingerprint density at radius 1 is 1.20 bits per heavy atom. The first-order valence-corrected chi connectivity index (χ1v) is 10.3. The maximum absolute atomic E-state index is 12.6. The number of likely N-dealkylation sites (N-methyl/N-ethyl adjacent to an activating group) is 1. The van der Waals surface area contributed by atoms with Gasteiger partial charge in [-0.3, -0.25) is 4.79 Å². The van der Waals surface area contributed by atoms with Crippen molar-refractivity contribution >= 4 is 29.4 Å². The molecule has 0 unspecified atom stereocenters. The Morgan fingerprint density at radius 3 is 2.60 bits per heavy atom. The van der Waals surface area contributed by atoms with Gasteiger partial charge in [0.05, 0.1) is 5.41 Å². The number of carbonyl (C=O) groups excluding carboxylic acids is 1. The summed E-state index contributed by atoms with van der Waals surface area (Å²) in [7, 11) is 2.18. The molecule has 0 atom stereocenters. The van der Waals surface area contributed by atoms with Gasteiger partial charge in [0.15, 0.2) is 0 Å². The monoisotopic (exact) mass is 358 g/mol. The number of fused-ring (bicyclic) bond motifs is 2. The second-order valence-electron chi connectivity index (χ2n) is 8.08. The number of nitrogens with zero attached hydrogens (tertiary/aromatic N) is 2. The first kappa shape index (κ1) is 16.0. The van der Waals surface area contributed by atoms with Gasteiger partial charge in [-0.25, -0.2) is 4.31 Å². The molecule has 5 nitrogen and oxygen atoms in total. The van der Waals surface area contributed by atoms with Crippen LogP contribution in [0.15, 0.2) is 12.1 Å². The molecule has 1 amide bonds. The number of anilines is 2. The molecule has 4 aliphatic rings. The molecule has 2 aliphatic carbocycles. The maximum atomic E-state index is 12.6. The summed E-state index contributed by atoms with van der Waals surface area (Å²) in [5.41, 5.74) is 4.69. The van der Waals surface area contributed by atoms with Crippen molar-refractivity contribution in [3.8, 4) is 0 Å². The largest absolute Gasteiger partial charge is 0.325 e. The van der Waals surface area contributed by atoms with Gasteiger partial charge in [-0.05, 0) is 61.9 Å². The molecular weight excluding hydrogens is 332 g/mol. The molecule has 1 aromatic rings. The summed E-state index contributed by atoms with van der Waals surface area (Å²) < 4.78 is 5.96. The lowest BCUT2D eigenvalue weighted by Gasteiger charge is -2.36. The standard InChI is InChI=1S/C19H26N4OS/c1-22-7-9-23(10-8-22)25-21-14-11-15(13-3-4-13)17-16(12-14)19(5-2-6-19)18(24)20-17/h11-13,21H,2-10H2,1H3,(H,20,24). The van der Waals surface area contributed by atoms with Crippen LogP contribution in [0.5, 0.6) is 0 Å². The highest BCUT2D eigenvalue weighted by Crippen LogP contribution is 2.56. The third-order valence-electron chi connectivity index (χ3n) is 6.34. The van der Waals surface area contributed by atoms with Crippen LogP contribution < -0.4 is 10.0 Å². The predicted molar refractivity (Wildman–Crippen MR) is 103 cm³/mol. The van der Waals surface area contributed by atoms with Crippen molar-refractivity contribution in [2.75, 3.05) is 43.3 Å². The molecule has 0 bridgehead atoms. The average Bonchev–Trinajstić information content (AvgIpc) is 3.35. The minimum Gasteiger partial charge on any atom is -0.325 e.